The lowest BCUT2D eigenvalue weighted by Gasteiger charge is -2.19. The molecule has 5 N–H and O–H groups in total. The van der Waals surface area contributed by atoms with Crippen LogP contribution in [0.3, 0.4) is 0 Å². The van der Waals surface area contributed by atoms with Crippen LogP contribution in [0.25, 0.3) is 11.2 Å². The van der Waals surface area contributed by atoms with Gasteiger partial charge in [-0.2, -0.15) is 0 Å². The summed E-state index contributed by atoms with van der Waals surface area (Å²) < 4.78 is 7.14. The summed E-state index contributed by atoms with van der Waals surface area (Å²) in [6.07, 6.45) is 0.0451. The summed E-state index contributed by atoms with van der Waals surface area (Å²) in [6.45, 7) is 0.983. The SMILES string of the molecule is CC(=O)N[C@H]1[C@@H](O)[C@H](n2cnc3c(N)ncnc32)O[C@@H]1CO. The van der Waals surface area contributed by atoms with E-state index < -0.39 is 24.5 Å². The number of amides is 1. The molecule has 0 saturated carbocycles. The van der Waals surface area contributed by atoms with Gasteiger partial charge in [0.25, 0.3) is 0 Å². The van der Waals surface area contributed by atoms with Crippen LogP contribution < -0.4 is 11.1 Å². The van der Waals surface area contributed by atoms with Gasteiger partial charge in [0.05, 0.1) is 19.0 Å². The van der Waals surface area contributed by atoms with E-state index in [1.807, 2.05) is 0 Å². The van der Waals surface area contributed by atoms with Gasteiger partial charge in [-0.3, -0.25) is 9.36 Å². The zero-order chi connectivity index (χ0) is 15.9. The molecule has 0 unspecified atom stereocenters. The lowest BCUT2D eigenvalue weighted by atomic mass is 10.1. The number of nitrogens with zero attached hydrogens (tertiary/aromatic N) is 4. The molecule has 0 bridgehead atoms. The second-order valence-electron chi connectivity index (χ2n) is 5.05. The Labute approximate surface area is 124 Å². The van der Waals surface area contributed by atoms with Gasteiger partial charge in [-0.05, 0) is 0 Å². The van der Waals surface area contributed by atoms with Crippen LogP contribution in [0, 0.1) is 0 Å². The van der Waals surface area contributed by atoms with Crippen molar-refractivity contribution in [3.05, 3.63) is 12.7 Å². The number of anilines is 1. The van der Waals surface area contributed by atoms with E-state index in [1.54, 1.807) is 0 Å². The number of aromatic nitrogens is 4. The average Bonchev–Trinajstić information content (AvgIpc) is 3.02. The van der Waals surface area contributed by atoms with E-state index in [9.17, 15) is 15.0 Å². The van der Waals surface area contributed by atoms with E-state index in [0.717, 1.165) is 0 Å². The molecule has 0 radical (unpaired) electrons. The number of hydrogen-bond acceptors (Lipinski definition) is 8. The number of fused-ring (bicyclic) bond motifs is 1. The highest BCUT2D eigenvalue weighted by molar-refractivity contribution is 5.81. The van der Waals surface area contributed by atoms with Crippen LogP contribution in [0.15, 0.2) is 12.7 Å². The molecule has 3 rings (SSSR count). The number of nitrogens with two attached hydrogens (primary N) is 1. The Morgan fingerprint density at radius 3 is 2.95 bits per heavy atom. The third kappa shape index (κ3) is 2.26. The molecule has 118 valence electrons. The highest BCUT2D eigenvalue weighted by Gasteiger charge is 2.45. The first-order valence-electron chi connectivity index (χ1n) is 6.67. The number of ether oxygens (including phenoxy) is 1. The number of carbonyl (C=O) groups is 1. The summed E-state index contributed by atoms with van der Waals surface area (Å²) in [6, 6.07) is -0.732. The molecule has 0 aliphatic carbocycles. The largest absolute Gasteiger partial charge is 0.394 e. The number of imidazole rings is 1. The molecule has 1 aliphatic heterocycles. The Balaban J connectivity index is 1.97. The van der Waals surface area contributed by atoms with Crippen molar-refractivity contribution < 1.29 is 19.7 Å². The van der Waals surface area contributed by atoms with Crippen molar-refractivity contribution in [3.8, 4) is 0 Å². The summed E-state index contributed by atoms with van der Waals surface area (Å²) in [4.78, 5) is 23.3. The average molecular weight is 308 g/mol. The molecule has 3 heterocycles. The zero-order valence-corrected chi connectivity index (χ0v) is 11.7. The van der Waals surface area contributed by atoms with Crippen LogP contribution in [0.1, 0.15) is 13.2 Å². The maximum absolute atomic E-state index is 11.2. The third-order valence-electron chi connectivity index (χ3n) is 3.59. The molecule has 4 atom stereocenters. The van der Waals surface area contributed by atoms with Crippen molar-refractivity contribution in [3.63, 3.8) is 0 Å². The van der Waals surface area contributed by atoms with E-state index in [-0.39, 0.29) is 18.3 Å². The Morgan fingerprint density at radius 1 is 1.50 bits per heavy atom. The normalized spacial score (nSPS) is 28.1. The minimum absolute atomic E-state index is 0.216. The number of hydrogen-bond donors (Lipinski definition) is 4. The Morgan fingerprint density at radius 2 is 2.27 bits per heavy atom. The molecule has 2 aromatic rings. The standard InChI is InChI=1S/C12H16N6O4/c1-5(20)17-7-6(2-19)22-12(9(7)21)18-4-16-8-10(13)14-3-15-11(8)18/h3-4,6-7,9,12,19,21H,2H2,1H3,(H,17,20)(H2,13,14,15)/t6-,7-,9-,12-/m1/s1. The second-order valence-corrected chi connectivity index (χ2v) is 5.05. The van der Waals surface area contributed by atoms with Gasteiger partial charge in [0, 0.05) is 6.92 Å². The smallest absolute Gasteiger partial charge is 0.217 e. The fourth-order valence-corrected chi connectivity index (χ4v) is 2.60. The van der Waals surface area contributed by atoms with Gasteiger partial charge in [-0.15, -0.1) is 0 Å². The van der Waals surface area contributed by atoms with E-state index in [4.69, 9.17) is 10.5 Å². The molecule has 1 fully saturated rings. The molecule has 10 nitrogen and oxygen atoms in total. The first-order chi connectivity index (χ1) is 10.5. The Bertz CT molecular complexity index is 704. The van der Waals surface area contributed by atoms with Crippen molar-refractivity contribution in [2.75, 3.05) is 12.3 Å². The predicted molar refractivity (Wildman–Crippen MR) is 74.3 cm³/mol. The van der Waals surface area contributed by atoms with Crippen LogP contribution in [0.4, 0.5) is 5.82 Å². The van der Waals surface area contributed by atoms with E-state index >= 15 is 0 Å². The molecular formula is C12H16N6O4. The Kier molecular flexibility index (Phi) is 3.64. The minimum atomic E-state index is -1.07. The van der Waals surface area contributed by atoms with Crippen molar-refractivity contribution in [1.82, 2.24) is 24.8 Å². The quantitative estimate of drug-likeness (QED) is 0.517. The first kappa shape index (κ1) is 14.6. The number of rotatable bonds is 3. The van der Waals surface area contributed by atoms with Gasteiger partial charge in [-0.25, -0.2) is 15.0 Å². The van der Waals surface area contributed by atoms with Gasteiger partial charge in [0.1, 0.15) is 24.1 Å². The molecule has 10 heteroatoms. The lowest BCUT2D eigenvalue weighted by Crippen LogP contribution is -2.47. The molecule has 1 aliphatic rings. The number of aliphatic hydroxyl groups excluding tert-OH is 2. The van der Waals surface area contributed by atoms with Gasteiger partial charge < -0.3 is 26.0 Å². The van der Waals surface area contributed by atoms with Gasteiger partial charge >= 0.3 is 0 Å². The Hall–Kier alpha value is -2.30. The highest BCUT2D eigenvalue weighted by atomic mass is 16.5. The molecule has 2 aromatic heterocycles. The van der Waals surface area contributed by atoms with Crippen molar-refractivity contribution in [1.29, 1.82) is 0 Å². The maximum Gasteiger partial charge on any atom is 0.217 e. The predicted octanol–water partition coefficient (Wildman–Crippen LogP) is -1.84. The van der Waals surface area contributed by atoms with Crippen molar-refractivity contribution >= 4 is 22.9 Å². The van der Waals surface area contributed by atoms with Crippen LogP contribution in [0.5, 0.6) is 0 Å². The molecule has 1 saturated heterocycles. The fraction of sp³-hybridized carbons (Fsp3) is 0.500. The van der Waals surface area contributed by atoms with Crippen molar-refractivity contribution in [2.24, 2.45) is 0 Å². The number of nitrogens with one attached hydrogen (secondary N) is 1. The molecule has 0 aromatic carbocycles. The van der Waals surface area contributed by atoms with Crippen LogP contribution in [0.2, 0.25) is 0 Å². The second kappa shape index (κ2) is 5.48. The topological polar surface area (TPSA) is 148 Å². The van der Waals surface area contributed by atoms with Gasteiger partial charge in [0.15, 0.2) is 17.7 Å². The zero-order valence-electron chi connectivity index (χ0n) is 11.7. The van der Waals surface area contributed by atoms with E-state index in [0.29, 0.717) is 11.2 Å². The summed E-state index contributed by atoms with van der Waals surface area (Å²) >= 11 is 0. The summed E-state index contributed by atoms with van der Waals surface area (Å²) in [7, 11) is 0. The van der Waals surface area contributed by atoms with Gasteiger partial charge in [0.2, 0.25) is 5.91 Å². The summed E-state index contributed by atoms with van der Waals surface area (Å²) in [5.74, 6) is -0.109. The molecule has 1 amide bonds. The van der Waals surface area contributed by atoms with E-state index in [2.05, 4.69) is 20.3 Å². The van der Waals surface area contributed by atoms with Crippen LogP contribution in [-0.4, -0.2) is 60.5 Å². The number of aliphatic hydroxyl groups is 2. The molecule has 0 spiro atoms. The fourth-order valence-electron chi connectivity index (χ4n) is 2.60. The van der Waals surface area contributed by atoms with Crippen LogP contribution in [-0.2, 0) is 9.53 Å². The first-order valence-corrected chi connectivity index (χ1v) is 6.67. The molecular weight excluding hydrogens is 292 g/mol. The highest BCUT2D eigenvalue weighted by Crippen LogP contribution is 2.31. The maximum atomic E-state index is 11.2. The lowest BCUT2D eigenvalue weighted by molar-refractivity contribution is -0.120. The molecule has 22 heavy (non-hydrogen) atoms. The van der Waals surface area contributed by atoms with Gasteiger partial charge in [-0.1, -0.05) is 0 Å². The number of carbonyl (C=O) groups excluding carboxylic acids is 1. The van der Waals surface area contributed by atoms with Crippen LogP contribution >= 0.6 is 0 Å². The summed E-state index contributed by atoms with van der Waals surface area (Å²) in [5.41, 5.74) is 6.51. The van der Waals surface area contributed by atoms with E-state index in [1.165, 1.54) is 24.1 Å². The number of nitrogen functional groups attached to an aromatic ring is 1. The van der Waals surface area contributed by atoms with Crippen molar-refractivity contribution in [2.45, 2.75) is 31.4 Å². The third-order valence-corrected chi connectivity index (χ3v) is 3.59. The minimum Gasteiger partial charge on any atom is -0.394 e. The monoisotopic (exact) mass is 308 g/mol. The summed E-state index contributed by atoms with van der Waals surface area (Å²) in [5, 5.41) is 22.4.